The highest BCUT2D eigenvalue weighted by atomic mass is 35.5. The lowest BCUT2D eigenvalue weighted by Crippen LogP contribution is -2.38. The smallest absolute Gasteiger partial charge is 0.366 e. The molecule has 1 amide bonds. The number of carbonyl (C=O) groups excluding carboxylic acids is 1. The number of pyridine rings is 1. The maximum atomic E-state index is 15.4. The van der Waals surface area contributed by atoms with Gasteiger partial charge < -0.3 is 5.73 Å². The monoisotopic (exact) mass is 630 g/mol. The zero-order chi connectivity index (χ0) is 31.3. The van der Waals surface area contributed by atoms with Crippen LogP contribution in [-0.4, -0.2) is 35.9 Å². The summed E-state index contributed by atoms with van der Waals surface area (Å²) in [7, 11) is 0. The van der Waals surface area contributed by atoms with E-state index in [4.69, 9.17) is 17.3 Å². The number of nitrogens with zero attached hydrogens (tertiary/aromatic N) is 6. The number of benzene rings is 2. The molecule has 1 aliphatic carbocycles. The topological polar surface area (TPSA) is 116 Å². The number of halogens is 6. The Hall–Kier alpha value is -4.85. The first-order valence-corrected chi connectivity index (χ1v) is 13.7. The van der Waals surface area contributed by atoms with E-state index >= 15 is 4.39 Å². The Bertz CT molecular complexity index is 1900. The first kappa shape index (κ1) is 29.2. The van der Waals surface area contributed by atoms with E-state index in [0.29, 0.717) is 35.4 Å². The molecule has 0 saturated heterocycles. The molecule has 3 heterocycles. The molecule has 2 aromatic carbocycles. The minimum Gasteiger partial charge on any atom is -0.366 e. The highest BCUT2D eigenvalue weighted by Gasteiger charge is 2.36. The SMILES string of the molecule is NC(=O)c1ccc(-c2cnn([C@@H](CC3CC3)c3ccc(-c4c(-n5cc(C(F)(F)F)nn5)ccc(Cl)c4F)c[n+]3O)c2)cc1F. The van der Waals surface area contributed by atoms with Crippen molar-refractivity contribution in [1.82, 2.24) is 24.8 Å². The van der Waals surface area contributed by atoms with Crippen LogP contribution in [0.15, 0.2) is 67.3 Å². The van der Waals surface area contributed by atoms with E-state index in [9.17, 15) is 27.6 Å². The number of primary amides is 1. The summed E-state index contributed by atoms with van der Waals surface area (Å²) in [6.07, 6.45) is 2.87. The van der Waals surface area contributed by atoms with Crippen LogP contribution in [0.4, 0.5) is 22.0 Å². The number of hydrogen-bond acceptors (Lipinski definition) is 5. The fraction of sp³-hybridized carbons (Fsp3) is 0.207. The quantitative estimate of drug-likeness (QED) is 0.128. The molecule has 9 nitrogen and oxygen atoms in total. The van der Waals surface area contributed by atoms with Crippen LogP contribution in [0.1, 0.15) is 47.1 Å². The van der Waals surface area contributed by atoms with Crippen molar-refractivity contribution in [2.24, 2.45) is 11.7 Å². The molecular formula is C29H22ClF5N7O2+. The molecule has 1 saturated carbocycles. The van der Waals surface area contributed by atoms with Crippen LogP contribution in [0, 0.1) is 17.6 Å². The maximum Gasteiger partial charge on any atom is 0.436 e. The fourth-order valence-electron chi connectivity index (χ4n) is 5.02. The summed E-state index contributed by atoms with van der Waals surface area (Å²) in [6.45, 7) is 0. The van der Waals surface area contributed by atoms with Gasteiger partial charge in [-0.25, -0.2) is 13.5 Å². The third-order valence-corrected chi connectivity index (χ3v) is 7.73. The van der Waals surface area contributed by atoms with Crippen molar-refractivity contribution in [3.05, 3.63) is 101 Å². The van der Waals surface area contributed by atoms with E-state index in [1.165, 1.54) is 42.7 Å². The van der Waals surface area contributed by atoms with Gasteiger partial charge >= 0.3 is 6.18 Å². The summed E-state index contributed by atoms with van der Waals surface area (Å²) in [6, 6.07) is 9.07. The first-order valence-electron chi connectivity index (χ1n) is 13.3. The molecule has 1 atom stereocenters. The van der Waals surface area contributed by atoms with Gasteiger partial charge in [0.15, 0.2) is 11.5 Å². The summed E-state index contributed by atoms with van der Waals surface area (Å²) in [5, 5.41) is 22.0. The summed E-state index contributed by atoms with van der Waals surface area (Å²) in [4.78, 5) is 11.4. The van der Waals surface area contributed by atoms with E-state index in [1.54, 1.807) is 23.0 Å². The molecule has 0 radical (unpaired) electrons. The zero-order valence-electron chi connectivity index (χ0n) is 22.5. The molecular weight excluding hydrogens is 609 g/mol. The van der Waals surface area contributed by atoms with Crippen molar-refractivity contribution in [3.63, 3.8) is 0 Å². The second-order valence-corrected chi connectivity index (χ2v) is 10.9. The number of rotatable bonds is 8. The lowest BCUT2D eigenvalue weighted by atomic mass is 10.0. The van der Waals surface area contributed by atoms with E-state index < -0.39 is 35.5 Å². The summed E-state index contributed by atoms with van der Waals surface area (Å²) in [5.74, 6) is -2.22. The molecule has 1 aliphatic rings. The normalized spacial score (nSPS) is 14.1. The highest BCUT2D eigenvalue weighted by molar-refractivity contribution is 6.31. The zero-order valence-corrected chi connectivity index (χ0v) is 23.3. The van der Waals surface area contributed by atoms with Crippen LogP contribution in [-0.2, 0) is 6.18 Å². The van der Waals surface area contributed by atoms with Crippen LogP contribution >= 0.6 is 11.6 Å². The van der Waals surface area contributed by atoms with Gasteiger partial charge in [-0.1, -0.05) is 35.7 Å². The number of alkyl halides is 3. The number of hydrogen-bond donors (Lipinski definition) is 2. The number of amides is 1. The molecule has 3 N–H and O–H groups in total. The van der Waals surface area contributed by atoms with Crippen LogP contribution in [0.2, 0.25) is 5.02 Å². The summed E-state index contributed by atoms with van der Waals surface area (Å²) < 4.78 is 72.5. The Morgan fingerprint density at radius 3 is 2.48 bits per heavy atom. The number of carbonyl (C=O) groups is 1. The van der Waals surface area contributed by atoms with Gasteiger partial charge in [0.2, 0.25) is 6.20 Å². The van der Waals surface area contributed by atoms with Crippen LogP contribution in [0.5, 0.6) is 0 Å². The molecule has 226 valence electrons. The Morgan fingerprint density at radius 1 is 1.09 bits per heavy atom. The van der Waals surface area contributed by atoms with E-state index in [-0.39, 0.29) is 27.4 Å². The predicted molar refractivity (Wildman–Crippen MR) is 146 cm³/mol. The molecule has 0 unspecified atom stereocenters. The minimum absolute atomic E-state index is 0.0801. The molecule has 5 aromatic rings. The Kier molecular flexibility index (Phi) is 7.32. The second kappa shape index (κ2) is 11.0. The fourth-order valence-corrected chi connectivity index (χ4v) is 5.17. The maximum absolute atomic E-state index is 15.4. The number of aromatic nitrogens is 6. The lowest BCUT2D eigenvalue weighted by molar-refractivity contribution is -0.910. The second-order valence-electron chi connectivity index (χ2n) is 10.5. The van der Waals surface area contributed by atoms with Crippen LogP contribution < -0.4 is 10.5 Å². The van der Waals surface area contributed by atoms with Gasteiger partial charge in [0.25, 0.3) is 11.6 Å². The van der Waals surface area contributed by atoms with E-state index in [1.807, 2.05) is 0 Å². The lowest BCUT2D eigenvalue weighted by Gasteiger charge is -2.15. The summed E-state index contributed by atoms with van der Waals surface area (Å²) >= 11 is 6.03. The van der Waals surface area contributed by atoms with Gasteiger partial charge in [0.1, 0.15) is 11.9 Å². The van der Waals surface area contributed by atoms with Gasteiger partial charge in [0, 0.05) is 22.6 Å². The molecule has 1 fully saturated rings. The van der Waals surface area contributed by atoms with Gasteiger partial charge in [-0.2, -0.15) is 18.3 Å². The Labute approximate surface area is 250 Å². The van der Waals surface area contributed by atoms with Gasteiger partial charge in [-0.3, -0.25) is 14.7 Å². The van der Waals surface area contributed by atoms with Crippen molar-refractivity contribution in [1.29, 1.82) is 0 Å². The predicted octanol–water partition coefficient (Wildman–Crippen LogP) is 5.76. The van der Waals surface area contributed by atoms with Crippen molar-refractivity contribution in [2.75, 3.05) is 0 Å². The van der Waals surface area contributed by atoms with Gasteiger partial charge in [-0.15, -0.1) is 5.10 Å². The Balaban J connectivity index is 1.37. The molecule has 0 bridgehead atoms. The largest absolute Gasteiger partial charge is 0.436 e. The van der Waals surface area contributed by atoms with Gasteiger partial charge in [-0.05, 0) is 48.2 Å². The molecule has 0 aliphatic heterocycles. The van der Waals surface area contributed by atoms with Crippen molar-refractivity contribution in [3.8, 4) is 27.9 Å². The third-order valence-electron chi connectivity index (χ3n) is 7.44. The molecule has 3 aromatic heterocycles. The minimum atomic E-state index is -4.76. The van der Waals surface area contributed by atoms with Crippen LogP contribution in [0.25, 0.3) is 27.9 Å². The van der Waals surface area contributed by atoms with Crippen molar-refractivity contribution in [2.45, 2.75) is 31.5 Å². The van der Waals surface area contributed by atoms with Crippen molar-refractivity contribution < 1.29 is 36.7 Å². The first-order chi connectivity index (χ1) is 20.9. The highest BCUT2D eigenvalue weighted by Crippen LogP contribution is 2.40. The summed E-state index contributed by atoms with van der Waals surface area (Å²) in [5.41, 5.74) is 4.92. The van der Waals surface area contributed by atoms with Crippen molar-refractivity contribution >= 4 is 17.5 Å². The van der Waals surface area contributed by atoms with E-state index in [2.05, 4.69) is 15.4 Å². The number of nitrogens with two attached hydrogens (primary N) is 1. The van der Waals surface area contributed by atoms with E-state index in [0.717, 1.165) is 22.3 Å². The average molecular weight is 631 g/mol. The average Bonchev–Trinajstić information content (AvgIpc) is 3.41. The molecule has 44 heavy (non-hydrogen) atoms. The third kappa shape index (κ3) is 5.60. The standard InChI is InChI=1S/C29H21ClF5N7O2/c30-20-6-8-23(41-14-25(38-39-41)29(33,34)35)26(27(20)32)17-4-7-22(42(44)13-17)24(9-15-1-2-15)40-12-18(11-37-40)16-3-5-19(28(36)43)21(31)10-16/h3-8,10-15,24H,1-2,9H2,(H2-,36,43,44)/p+1/t24-/m0/s1. The molecule has 6 rings (SSSR count). The molecule has 15 heteroatoms. The van der Waals surface area contributed by atoms with Crippen LogP contribution in [0.3, 0.4) is 0 Å². The molecule has 0 spiro atoms. The Morgan fingerprint density at radius 2 is 1.84 bits per heavy atom. The van der Waals surface area contributed by atoms with Gasteiger partial charge in [0.05, 0.1) is 39.8 Å².